The van der Waals surface area contributed by atoms with E-state index in [9.17, 15) is 25.9 Å². The minimum absolute atomic E-state index is 0.399. The minimum Gasteiger partial charge on any atom is -0.748 e. The van der Waals surface area contributed by atoms with Crippen molar-refractivity contribution in [2.24, 2.45) is 0 Å². The van der Waals surface area contributed by atoms with Gasteiger partial charge in [-0.2, -0.15) is 0 Å². The third-order valence-electron chi connectivity index (χ3n) is 2.95. The van der Waals surface area contributed by atoms with Gasteiger partial charge in [-0.15, -0.1) is 9.13 Å². The van der Waals surface area contributed by atoms with Crippen LogP contribution in [-0.2, 0) is 26.9 Å². The lowest BCUT2D eigenvalue weighted by atomic mass is 10.5. The van der Waals surface area contributed by atoms with Crippen LogP contribution >= 0.6 is 0 Å². The SMILES string of the molecule is CC=CCS(=O)(=O)[O-].CC=CCS(=O)(=O)[O-].c1cc[n+](C[n+]2ccccc2)cc1. The van der Waals surface area contributed by atoms with Crippen LogP contribution in [0.15, 0.2) is 85.5 Å². The fraction of sp³-hybridized carbons (Fsp3) is 0.263. The van der Waals surface area contributed by atoms with Gasteiger partial charge in [-0.1, -0.05) is 36.4 Å². The second kappa shape index (κ2) is 14.6. The zero-order chi connectivity index (χ0) is 22.2. The molecular formula is C19H26N2O6S2. The molecule has 0 aromatic carbocycles. The van der Waals surface area contributed by atoms with E-state index in [1.54, 1.807) is 13.8 Å². The van der Waals surface area contributed by atoms with E-state index in [4.69, 9.17) is 0 Å². The van der Waals surface area contributed by atoms with E-state index in [-0.39, 0.29) is 0 Å². The lowest BCUT2D eigenvalue weighted by Gasteiger charge is -1.99. The van der Waals surface area contributed by atoms with Crippen molar-refractivity contribution in [2.75, 3.05) is 11.5 Å². The lowest BCUT2D eigenvalue weighted by molar-refractivity contribution is -0.913. The molecule has 29 heavy (non-hydrogen) atoms. The van der Waals surface area contributed by atoms with Gasteiger partial charge in [0.1, 0.15) is 0 Å². The van der Waals surface area contributed by atoms with Gasteiger partial charge in [0.2, 0.25) is 0 Å². The van der Waals surface area contributed by atoms with Gasteiger partial charge in [0.05, 0.1) is 31.7 Å². The first-order valence-electron chi connectivity index (χ1n) is 8.55. The molecule has 0 fully saturated rings. The Labute approximate surface area is 173 Å². The molecule has 2 rings (SSSR count). The smallest absolute Gasteiger partial charge is 0.343 e. The lowest BCUT2D eigenvalue weighted by Crippen LogP contribution is -2.50. The molecule has 0 atom stereocenters. The summed E-state index contributed by atoms with van der Waals surface area (Å²) in [4.78, 5) is 0. The van der Waals surface area contributed by atoms with Gasteiger partial charge in [-0.05, 0) is 13.8 Å². The highest BCUT2D eigenvalue weighted by atomic mass is 32.2. The molecule has 160 valence electrons. The third-order valence-corrected chi connectivity index (χ3v) is 4.15. The van der Waals surface area contributed by atoms with Gasteiger partial charge in [0.25, 0.3) is 0 Å². The normalized spacial score (nSPS) is 11.4. The standard InChI is InChI=1S/C11H12N2.2C4H8O3S/c1-3-7-12(8-4-1)11-13-9-5-2-6-10-13;2*1-2-3-4-8(5,6)7/h1-10H,11H2;2*2-3H,4H2,1H3,(H,5,6,7)/q+2;;/p-2. The number of hydrogen-bond donors (Lipinski definition) is 0. The average molecular weight is 443 g/mol. The molecule has 10 heteroatoms. The monoisotopic (exact) mass is 442 g/mol. The zero-order valence-electron chi connectivity index (χ0n) is 16.4. The van der Waals surface area contributed by atoms with E-state index in [1.165, 1.54) is 24.3 Å². The molecule has 0 radical (unpaired) electrons. The second-order valence-corrected chi connectivity index (χ2v) is 8.40. The maximum atomic E-state index is 9.78. The molecule has 0 amide bonds. The van der Waals surface area contributed by atoms with Gasteiger partial charge in [-0.3, -0.25) is 0 Å². The Kier molecular flexibility index (Phi) is 13.4. The molecule has 2 heterocycles. The molecule has 0 aliphatic carbocycles. The largest absolute Gasteiger partial charge is 0.748 e. The molecule has 8 nitrogen and oxygen atoms in total. The predicted octanol–water partition coefficient (Wildman–Crippen LogP) is 0.983. The zero-order valence-corrected chi connectivity index (χ0v) is 18.0. The first-order valence-corrected chi connectivity index (χ1v) is 11.7. The van der Waals surface area contributed by atoms with Gasteiger partial charge in [0, 0.05) is 24.3 Å². The van der Waals surface area contributed by atoms with Crippen LogP contribution in [-0.4, -0.2) is 37.4 Å². The molecule has 2 aromatic rings. The van der Waals surface area contributed by atoms with Crippen LogP contribution in [0.1, 0.15) is 13.8 Å². The van der Waals surface area contributed by atoms with Crippen LogP contribution in [0.5, 0.6) is 0 Å². The first-order chi connectivity index (χ1) is 13.6. The minimum atomic E-state index is -4.02. The summed E-state index contributed by atoms with van der Waals surface area (Å²) in [5.74, 6) is -0.799. The van der Waals surface area contributed by atoms with Gasteiger partial charge >= 0.3 is 6.67 Å². The summed E-state index contributed by atoms with van der Waals surface area (Å²) in [6.45, 7) is 4.18. The van der Waals surface area contributed by atoms with Gasteiger partial charge < -0.3 is 9.11 Å². The highest BCUT2D eigenvalue weighted by Crippen LogP contribution is 1.82. The Balaban J connectivity index is 0.000000432. The van der Waals surface area contributed by atoms with Crippen LogP contribution in [0.25, 0.3) is 0 Å². The summed E-state index contributed by atoms with van der Waals surface area (Å²) >= 11 is 0. The maximum Gasteiger partial charge on any atom is 0.343 e. The highest BCUT2D eigenvalue weighted by Gasteiger charge is 2.03. The first kappa shape index (κ1) is 26.6. The summed E-state index contributed by atoms with van der Waals surface area (Å²) in [7, 11) is -8.05. The molecule has 2 aromatic heterocycles. The molecule has 0 bridgehead atoms. The van der Waals surface area contributed by atoms with Crippen LogP contribution < -0.4 is 9.13 Å². The second-order valence-electron chi connectivity index (χ2n) is 5.51. The average Bonchev–Trinajstić information content (AvgIpc) is 2.66. The number of pyridine rings is 2. The topological polar surface area (TPSA) is 122 Å². The van der Waals surface area contributed by atoms with Crippen molar-refractivity contribution in [3.05, 3.63) is 85.5 Å². The quantitative estimate of drug-likeness (QED) is 0.373. The number of aromatic nitrogens is 2. The van der Waals surface area contributed by atoms with E-state index >= 15 is 0 Å². The van der Waals surface area contributed by atoms with Crippen molar-refractivity contribution in [3.63, 3.8) is 0 Å². The Morgan fingerprint density at radius 3 is 1.17 bits per heavy atom. The summed E-state index contributed by atoms with van der Waals surface area (Å²) < 4.78 is 63.0. The molecule has 0 N–H and O–H groups in total. The van der Waals surface area contributed by atoms with Crippen LogP contribution in [0.4, 0.5) is 0 Å². The number of nitrogens with zero attached hydrogens (tertiary/aromatic N) is 2. The molecule has 0 aliphatic rings. The Bertz CT molecular complexity index is 863. The van der Waals surface area contributed by atoms with E-state index in [0.29, 0.717) is 0 Å². The van der Waals surface area contributed by atoms with E-state index in [1.807, 2.05) is 36.4 Å². The van der Waals surface area contributed by atoms with E-state index in [0.717, 1.165) is 6.67 Å². The fourth-order valence-electron chi connectivity index (χ4n) is 1.67. The predicted molar refractivity (Wildman–Crippen MR) is 107 cm³/mol. The molecule has 0 unspecified atom stereocenters. The molecule has 0 aliphatic heterocycles. The molecule has 0 saturated carbocycles. The van der Waals surface area contributed by atoms with Gasteiger partial charge in [-0.25, -0.2) is 16.8 Å². The van der Waals surface area contributed by atoms with Crippen molar-refractivity contribution in [1.29, 1.82) is 0 Å². The summed E-state index contributed by atoms with van der Waals surface area (Å²) in [6, 6.07) is 12.2. The third kappa shape index (κ3) is 18.7. The summed E-state index contributed by atoms with van der Waals surface area (Å²) in [5, 5.41) is 0. The Morgan fingerprint density at radius 1 is 0.655 bits per heavy atom. The molecular weight excluding hydrogens is 416 g/mol. The summed E-state index contributed by atoms with van der Waals surface area (Å²) in [6.07, 6.45) is 13.9. The van der Waals surface area contributed by atoms with Crippen LogP contribution in [0.3, 0.4) is 0 Å². The van der Waals surface area contributed by atoms with Crippen LogP contribution in [0.2, 0.25) is 0 Å². The van der Waals surface area contributed by atoms with Crippen LogP contribution in [0, 0.1) is 0 Å². The fourth-order valence-corrected chi connectivity index (χ4v) is 2.53. The maximum absolute atomic E-state index is 9.78. The van der Waals surface area contributed by atoms with E-state index in [2.05, 4.69) is 33.9 Å². The molecule has 0 spiro atoms. The van der Waals surface area contributed by atoms with Crippen molar-refractivity contribution < 1.29 is 35.1 Å². The summed E-state index contributed by atoms with van der Waals surface area (Å²) in [5.41, 5.74) is 0. The van der Waals surface area contributed by atoms with Crippen molar-refractivity contribution in [3.8, 4) is 0 Å². The van der Waals surface area contributed by atoms with E-state index < -0.39 is 31.7 Å². The van der Waals surface area contributed by atoms with Gasteiger partial charge in [0.15, 0.2) is 24.8 Å². The van der Waals surface area contributed by atoms with Crippen molar-refractivity contribution in [1.82, 2.24) is 0 Å². The highest BCUT2D eigenvalue weighted by molar-refractivity contribution is 7.86. The molecule has 0 saturated heterocycles. The Hall–Kier alpha value is -2.40. The number of hydrogen-bond acceptors (Lipinski definition) is 6. The van der Waals surface area contributed by atoms with Crippen molar-refractivity contribution in [2.45, 2.75) is 20.5 Å². The Morgan fingerprint density at radius 2 is 0.966 bits per heavy atom. The van der Waals surface area contributed by atoms with Crippen molar-refractivity contribution >= 4 is 20.2 Å². The number of allylic oxidation sites excluding steroid dienone is 2. The number of rotatable bonds is 6.